The van der Waals surface area contributed by atoms with Gasteiger partial charge in [0.15, 0.2) is 5.75 Å². The van der Waals surface area contributed by atoms with E-state index in [0.717, 1.165) is 66.3 Å². The second-order valence-corrected chi connectivity index (χ2v) is 9.74. The first-order valence-electron chi connectivity index (χ1n) is 12.0. The highest BCUT2D eigenvalue weighted by molar-refractivity contribution is 6.35. The smallest absolute Gasteiger partial charge is 0.152 e. The van der Waals surface area contributed by atoms with Crippen molar-refractivity contribution >= 4 is 22.5 Å². The van der Waals surface area contributed by atoms with Crippen molar-refractivity contribution in [1.82, 2.24) is 14.8 Å². The zero-order valence-electron chi connectivity index (χ0n) is 19.2. The molecule has 3 heterocycles. The first-order chi connectivity index (χ1) is 16.7. The van der Waals surface area contributed by atoms with E-state index in [4.69, 9.17) is 16.3 Å². The van der Waals surface area contributed by atoms with Gasteiger partial charge in [-0.05, 0) is 60.8 Å². The average Bonchev–Trinajstić information content (AvgIpc) is 2.90. The Bertz CT molecular complexity index is 1280. The van der Waals surface area contributed by atoms with Gasteiger partial charge in [-0.1, -0.05) is 66.2 Å². The van der Waals surface area contributed by atoms with Crippen LogP contribution in [0.4, 0.5) is 0 Å². The largest absolute Gasteiger partial charge is 0.475 e. The summed E-state index contributed by atoms with van der Waals surface area (Å²) in [5.74, 6) is 0.896. The second-order valence-electron chi connectivity index (χ2n) is 9.34. The highest BCUT2D eigenvalue weighted by atomic mass is 35.5. The molecule has 2 aliphatic heterocycles. The summed E-state index contributed by atoms with van der Waals surface area (Å²) >= 11 is 6.55. The van der Waals surface area contributed by atoms with Gasteiger partial charge in [-0.25, -0.2) is 0 Å². The third-order valence-electron chi connectivity index (χ3n) is 7.16. The number of ether oxygens (including phenoxy) is 1. The van der Waals surface area contributed by atoms with Crippen LogP contribution in [0.15, 0.2) is 79.0 Å². The van der Waals surface area contributed by atoms with Crippen molar-refractivity contribution < 1.29 is 4.74 Å². The van der Waals surface area contributed by atoms with Crippen molar-refractivity contribution in [3.8, 4) is 16.9 Å². The first kappa shape index (κ1) is 21.6. The fourth-order valence-electron chi connectivity index (χ4n) is 5.29. The Morgan fingerprint density at radius 1 is 0.912 bits per heavy atom. The lowest BCUT2D eigenvalue weighted by atomic mass is 10.00. The molecule has 4 nitrogen and oxygen atoms in total. The van der Waals surface area contributed by atoms with E-state index < -0.39 is 0 Å². The van der Waals surface area contributed by atoms with E-state index in [1.54, 1.807) is 6.20 Å². The molecule has 0 amide bonds. The van der Waals surface area contributed by atoms with E-state index in [9.17, 15) is 0 Å². The van der Waals surface area contributed by atoms with Crippen LogP contribution in [0.25, 0.3) is 22.0 Å². The first-order valence-corrected chi connectivity index (χ1v) is 12.4. The lowest BCUT2D eigenvalue weighted by Gasteiger charge is -2.40. The Labute approximate surface area is 205 Å². The fraction of sp³-hybridized carbons (Fsp3) is 0.276. The lowest BCUT2D eigenvalue weighted by molar-refractivity contribution is 0.0250. The highest BCUT2D eigenvalue weighted by Gasteiger charge is 2.29. The molecule has 0 radical (unpaired) electrons. The molecule has 5 heteroatoms. The normalized spacial score (nSPS) is 17.4. The van der Waals surface area contributed by atoms with Crippen molar-refractivity contribution in [2.45, 2.75) is 32.0 Å². The van der Waals surface area contributed by atoms with Crippen LogP contribution in [-0.4, -0.2) is 40.6 Å². The number of likely N-dealkylation sites (tertiary alicyclic amines) is 1. The molecule has 172 valence electrons. The third kappa shape index (κ3) is 4.29. The van der Waals surface area contributed by atoms with Crippen molar-refractivity contribution in [2.24, 2.45) is 0 Å². The fourth-order valence-corrected chi connectivity index (χ4v) is 5.57. The molecular weight excluding hydrogens is 442 g/mol. The second kappa shape index (κ2) is 9.38. The molecule has 0 atom stereocenters. The molecule has 34 heavy (non-hydrogen) atoms. The maximum absolute atomic E-state index is 6.55. The number of fused-ring (bicyclic) bond motifs is 3. The Kier molecular flexibility index (Phi) is 5.96. The van der Waals surface area contributed by atoms with Crippen LogP contribution in [-0.2, 0) is 13.1 Å². The van der Waals surface area contributed by atoms with E-state index in [1.807, 2.05) is 12.1 Å². The van der Waals surface area contributed by atoms with Crippen LogP contribution >= 0.6 is 11.6 Å². The number of pyridine rings is 1. The van der Waals surface area contributed by atoms with E-state index in [1.165, 1.54) is 16.7 Å². The van der Waals surface area contributed by atoms with Gasteiger partial charge >= 0.3 is 0 Å². The summed E-state index contributed by atoms with van der Waals surface area (Å²) in [6, 6.07) is 26.1. The molecule has 0 saturated carbocycles. The van der Waals surface area contributed by atoms with Crippen LogP contribution in [0.3, 0.4) is 0 Å². The van der Waals surface area contributed by atoms with Gasteiger partial charge in [-0.15, -0.1) is 0 Å². The molecule has 1 fully saturated rings. The van der Waals surface area contributed by atoms with Gasteiger partial charge in [0, 0.05) is 36.3 Å². The van der Waals surface area contributed by atoms with Gasteiger partial charge in [0.05, 0.1) is 5.02 Å². The standard InChI is InChI=1S/C29H28ClN3O/c30-27-17-24-19-33(20-34-29(24)28-26(27)7-4-14-31-28)25-12-15-32(16-13-25)18-21-8-10-23(11-9-21)22-5-2-1-3-6-22/h1-11,14,17,25H,12-13,15-16,18-20H2. The summed E-state index contributed by atoms with van der Waals surface area (Å²) in [4.78, 5) is 9.56. The predicted octanol–water partition coefficient (Wildman–Crippen LogP) is 6.37. The van der Waals surface area contributed by atoms with Crippen molar-refractivity contribution in [2.75, 3.05) is 19.8 Å². The molecule has 6 rings (SSSR count). The summed E-state index contributed by atoms with van der Waals surface area (Å²) in [5, 5.41) is 1.71. The molecule has 2 aliphatic rings. The summed E-state index contributed by atoms with van der Waals surface area (Å²) in [6.07, 6.45) is 4.11. The van der Waals surface area contributed by atoms with Gasteiger partial charge in [-0.3, -0.25) is 14.8 Å². The minimum absolute atomic E-state index is 0.531. The van der Waals surface area contributed by atoms with Gasteiger partial charge in [0.2, 0.25) is 0 Å². The molecule has 0 aliphatic carbocycles. The molecule has 0 bridgehead atoms. The van der Waals surface area contributed by atoms with Crippen LogP contribution in [0.1, 0.15) is 24.0 Å². The van der Waals surface area contributed by atoms with Gasteiger partial charge in [0.1, 0.15) is 12.2 Å². The van der Waals surface area contributed by atoms with Crippen molar-refractivity contribution in [3.63, 3.8) is 0 Å². The van der Waals surface area contributed by atoms with Gasteiger partial charge in [0.25, 0.3) is 0 Å². The van der Waals surface area contributed by atoms with E-state index in [-0.39, 0.29) is 0 Å². The number of benzene rings is 3. The van der Waals surface area contributed by atoms with E-state index >= 15 is 0 Å². The lowest BCUT2D eigenvalue weighted by Crippen LogP contribution is -2.47. The number of hydrogen-bond acceptors (Lipinski definition) is 4. The van der Waals surface area contributed by atoms with Crippen LogP contribution < -0.4 is 4.74 Å². The maximum Gasteiger partial charge on any atom is 0.152 e. The molecule has 1 aromatic heterocycles. The predicted molar refractivity (Wildman–Crippen MR) is 138 cm³/mol. The Morgan fingerprint density at radius 2 is 1.68 bits per heavy atom. The van der Waals surface area contributed by atoms with Crippen LogP contribution in [0.2, 0.25) is 5.02 Å². The minimum atomic E-state index is 0.531. The number of rotatable bonds is 4. The maximum atomic E-state index is 6.55. The molecule has 0 unspecified atom stereocenters. The average molecular weight is 470 g/mol. The molecule has 3 aromatic carbocycles. The Morgan fingerprint density at radius 3 is 2.47 bits per heavy atom. The van der Waals surface area contributed by atoms with Crippen LogP contribution in [0, 0.1) is 0 Å². The zero-order valence-corrected chi connectivity index (χ0v) is 19.9. The third-order valence-corrected chi connectivity index (χ3v) is 7.47. The summed E-state index contributed by atoms with van der Waals surface area (Å²) in [7, 11) is 0. The topological polar surface area (TPSA) is 28.6 Å². The van der Waals surface area contributed by atoms with E-state index in [0.29, 0.717) is 12.8 Å². The number of aromatic nitrogens is 1. The Hall–Kier alpha value is -2.92. The summed E-state index contributed by atoms with van der Waals surface area (Å²) in [6.45, 7) is 4.70. The SMILES string of the molecule is Clc1cc2c(c3ncccc13)OCN(C1CCN(Cc3ccc(-c4ccccc4)cc3)CC1)C2. The number of hydrogen-bond donors (Lipinski definition) is 0. The van der Waals surface area contributed by atoms with Gasteiger partial charge < -0.3 is 4.74 Å². The molecular formula is C29H28ClN3O. The molecule has 1 saturated heterocycles. The number of piperidine rings is 1. The van der Waals surface area contributed by atoms with Crippen molar-refractivity contribution in [3.05, 3.63) is 95.1 Å². The number of nitrogens with zero attached hydrogens (tertiary/aromatic N) is 3. The van der Waals surface area contributed by atoms with Crippen molar-refractivity contribution in [1.29, 1.82) is 0 Å². The molecule has 4 aromatic rings. The number of halogens is 1. The summed E-state index contributed by atoms with van der Waals surface area (Å²) < 4.78 is 6.22. The summed E-state index contributed by atoms with van der Waals surface area (Å²) in [5.41, 5.74) is 5.94. The van der Waals surface area contributed by atoms with Crippen LogP contribution in [0.5, 0.6) is 5.75 Å². The monoisotopic (exact) mass is 469 g/mol. The Balaban J connectivity index is 1.07. The van der Waals surface area contributed by atoms with E-state index in [2.05, 4.69) is 75.4 Å². The van der Waals surface area contributed by atoms with Gasteiger partial charge in [-0.2, -0.15) is 0 Å². The zero-order chi connectivity index (χ0) is 22.9. The quantitative estimate of drug-likeness (QED) is 0.347. The molecule has 0 spiro atoms. The molecule has 0 N–H and O–H groups in total. The minimum Gasteiger partial charge on any atom is -0.475 e. The highest BCUT2D eigenvalue weighted by Crippen LogP contribution is 2.37.